The molecular formula is C13H18ClNO3. The van der Waals surface area contributed by atoms with Crippen LogP contribution in [-0.4, -0.2) is 31.4 Å². The molecule has 1 atom stereocenters. The highest BCUT2D eigenvalue weighted by Gasteiger charge is 2.12. The Morgan fingerprint density at radius 2 is 2.00 bits per heavy atom. The number of hydrogen-bond donors (Lipinski definition) is 0. The van der Waals surface area contributed by atoms with Gasteiger partial charge in [-0.1, -0.05) is 29.8 Å². The maximum absolute atomic E-state index is 11.0. The molecule has 0 saturated carbocycles. The molecule has 1 rings (SSSR count). The molecule has 0 fully saturated rings. The van der Waals surface area contributed by atoms with E-state index in [4.69, 9.17) is 16.3 Å². The first-order chi connectivity index (χ1) is 8.65. The zero-order valence-electron chi connectivity index (χ0n) is 10.6. The third-order valence-electron chi connectivity index (χ3n) is 2.33. The molecule has 0 amide bonds. The highest BCUT2D eigenvalue weighted by molar-refractivity contribution is 6.21. The van der Waals surface area contributed by atoms with E-state index in [0.717, 1.165) is 5.69 Å². The number of alkyl halides is 1. The second kappa shape index (κ2) is 7.82. The lowest BCUT2D eigenvalue weighted by Crippen LogP contribution is -2.33. The molecule has 0 aliphatic rings. The maximum atomic E-state index is 11.0. The van der Waals surface area contributed by atoms with Crippen molar-refractivity contribution in [1.82, 2.24) is 0 Å². The number of hydrogen-bond acceptors (Lipinski definition) is 4. The number of anilines is 1. The average molecular weight is 272 g/mol. The Kier molecular flexibility index (Phi) is 6.36. The number of rotatable bonds is 6. The largest absolute Gasteiger partial charge is 0.508 e. The van der Waals surface area contributed by atoms with E-state index >= 15 is 0 Å². The quantitative estimate of drug-likeness (QED) is 0.452. The van der Waals surface area contributed by atoms with Crippen LogP contribution in [0.25, 0.3) is 0 Å². The van der Waals surface area contributed by atoms with E-state index in [0.29, 0.717) is 13.2 Å². The minimum Gasteiger partial charge on any atom is -0.435 e. The molecule has 0 spiro atoms. The smallest absolute Gasteiger partial charge is 0.435 e. The minimum atomic E-state index is -0.646. The highest BCUT2D eigenvalue weighted by Crippen LogP contribution is 2.17. The maximum Gasteiger partial charge on any atom is 0.508 e. The van der Waals surface area contributed by atoms with Crippen molar-refractivity contribution in [3.8, 4) is 0 Å². The van der Waals surface area contributed by atoms with Gasteiger partial charge in [0.05, 0.1) is 13.2 Å². The Morgan fingerprint density at radius 1 is 1.33 bits per heavy atom. The van der Waals surface area contributed by atoms with E-state index in [-0.39, 0.29) is 12.1 Å². The van der Waals surface area contributed by atoms with Crippen LogP contribution in [0.5, 0.6) is 0 Å². The molecule has 100 valence electrons. The van der Waals surface area contributed by atoms with Gasteiger partial charge in [0.15, 0.2) is 0 Å². The summed E-state index contributed by atoms with van der Waals surface area (Å²) in [5.41, 5.74) is 0.811. The summed E-state index contributed by atoms with van der Waals surface area (Å²) in [7, 11) is 0. The zero-order valence-corrected chi connectivity index (χ0v) is 11.4. The topological polar surface area (TPSA) is 38.8 Å². The predicted molar refractivity (Wildman–Crippen MR) is 72.1 cm³/mol. The molecule has 18 heavy (non-hydrogen) atoms. The van der Waals surface area contributed by atoms with Gasteiger partial charge in [0.1, 0.15) is 12.1 Å². The number of nitrogens with zero attached hydrogens (tertiary/aromatic N) is 1. The normalized spacial score (nSPS) is 11.7. The molecule has 0 radical (unpaired) electrons. The summed E-state index contributed by atoms with van der Waals surface area (Å²) in [4.78, 5) is 13.0. The summed E-state index contributed by atoms with van der Waals surface area (Å²) < 4.78 is 9.60. The summed E-state index contributed by atoms with van der Waals surface area (Å²) in [5, 5.41) is 0. The van der Waals surface area contributed by atoms with E-state index in [2.05, 4.69) is 4.74 Å². The molecule has 0 aromatic heterocycles. The lowest BCUT2D eigenvalue weighted by Gasteiger charge is -2.27. The van der Waals surface area contributed by atoms with Gasteiger partial charge < -0.3 is 14.4 Å². The van der Waals surface area contributed by atoms with Gasteiger partial charge in [-0.15, -0.1) is 0 Å². The van der Waals surface area contributed by atoms with Gasteiger partial charge in [-0.05, 0) is 26.0 Å². The van der Waals surface area contributed by atoms with Crippen molar-refractivity contribution in [1.29, 1.82) is 0 Å². The van der Waals surface area contributed by atoms with Gasteiger partial charge in [-0.2, -0.15) is 0 Å². The Balaban J connectivity index is 2.47. The molecule has 0 aliphatic carbocycles. The number of carbonyl (C=O) groups excluding carboxylic acids is 1. The van der Waals surface area contributed by atoms with Crippen molar-refractivity contribution in [2.75, 3.05) is 24.7 Å². The van der Waals surface area contributed by atoms with Gasteiger partial charge in [-0.3, -0.25) is 0 Å². The summed E-state index contributed by atoms with van der Waals surface area (Å²) >= 11 is 6.11. The third kappa shape index (κ3) is 4.84. The average Bonchev–Trinajstić information content (AvgIpc) is 2.35. The molecule has 0 aliphatic heterocycles. The number of para-hydroxylation sites is 1. The SMILES string of the molecule is CCOC(=O)OCCN(c1ccccc1)C(C)Cl. The van der Waals surface area contributed by atoms with E-state index in [1.165, 1.54) is 0 Å². The lowest BCUT2D eigenvalue weighted by atomic mass is 10.3. The van der Waals surface area contributed by atoms with Gasteiger partial charge >= 0.3 is 6.16 Å². The van der Waals surface area contributed by atoms with Crippen LogP contribution in [0.1, 0.15) is 13.8 Å². The zero-order chi connectivity index (χ0) is 13.4. The van der Waals surface area contributed by atoms with E-state index in [1.54, 1.807) is 6.92 Å². The summed E-state index contributed by atoms with van der Waals surface area (Å²) in [6.07, 6.45) is -0.646. The van der Waals surface area contributed by atoms with Gasteiger partial charge in [0, 0.05) is 5.69 Å². The van der Waals surface area contributed by atoms with Gasteiger partial charge in [0.2, 0.25) is 0 Å². The molecule has 5 heteroatoms. The molecule has 0 bridgehead atoms. The first-order valence-corrected chi connectivity index (χ1v) is 6.34. The molecule has 0 heterocycles. The first-order valence-electron chi connectivity index (χ1n) is 5.90. The molecule has 1 unspecified atom stereocenters. The van der Waals surface area contributed by atoms with Crippen LogP contribution in [0, 0.1) is 0 Å². The number of ether oxygens (including phenoxy) is 2. The van der Waals surface area contributed by atoms with Crippen molar-refractivity contribution in [2.45, 2.75) is 19.3 Å². The van der Waals surface area contributed by atoms with Gasteiger partial charge in [0.25, 0.3) is 0 Å². The van der Waals surface area contributed by atoms with Crippen molar-refractivity contribution < 1.29 is 14.3 Å². The van der Waals surface area contributed by atoms with Crippen LogP contribution in [-0.2, 0) is 9.47 Å². The minimum absolute atomic E-state index is 0.182. The molecular weight excluding hydrogens is 254 g/mol. The fourth-order valence-corrected chi connectivity index (χ4v) is 1.73. The number of halogens is 1. The van der Waals surface area contributed by atoms with Crippen LogP contribution < -0.4 is 4.90 Å². The van der Waals surface area contributed by atoms with Crippen molar-refractivity contribution in [3.63, 3.8) is 0 Å². The van der Waals surface area contributed by atoms with E-state index in [1.807, 2.05) is 42.2 Å². The van der Waals surface area contributed by atoms with Crippen molar-refractivity contribution >= 4 is 23.4 Å². The van der Waals surface area contributed by atoms with Crippen LogP contribution in [0.4, 0.5) is 10.5 Å². The Labute approximate surface area is 112 Å². The lowest BCUT2D eigenvalue weighted by molar-refractivity contribution is 0.0609. The Morgan fingerprint density at radius 3 is 2.56 bits per heavy atom. The first kappa shape index (κ1) is 14.6. The summed E-state index contributed by atoms with van der Waals surface area (Å²) in [5.74, 6) is 0. The fourth-order valence-electron chi connectivity index (χ4n) is 1.52. The summed E-state index contributed by atoms with van der Waals surface area (Å²) in [6, 6.07) is 9.74. The van der Waals surface area contributed by atoms with Gasteiger partial charge in [-0.25, -0.2) is 4.79 Å². The van der Waals surface area contributed by atoms with Crippen LogP contribution in [0.3, 0.4) is 0 Å². The standard InChI is InChI=1S/C13H18ClNO3/c1-3-17-13(16)18-10-9-15(11(2)14)12-7-5-4-6-8-12/h4-8,11H,3,9-10H2,1-2H3. The molecule has 0 N–H and O–H groups in total. The van der Waals surface area contributed by atoms with Crippen molar-refractivity contribution in [3.05, 3.63) is 30.3 Å². The molecule has 4 nitrogen and oxygen atoms in total. The van der Waals surface area contributed by atoms with Crippen LogP contribution in [0.2, 0.25) is 0 Å². The van der Waals surface area contributed by atoms with E-state index < -0.39 is 6.16 Å². The Bertz CT molecular complexity index is 357. The molecule has 1 aromatic carbocycles. The molecule has 0 saturated heterocycles. The molecule has 1 aromatic rings. The summed E-state index contributed by atoms with van der Waals surface area (Å²) in [6.45, 7) is 4.68. The third-order valence-corrected chi connectivity index (χ3v) is 2.57. The fraction of sp³-hybridized carbons (Fsp3) is 0.462. The predicted octanol–water partition coefficient (Wildman–Crippen LogP) is 3.25. The second-order valence-electron chi connectivity index (χ2n) is 3.63. The highest BCUT2D eigenvalue weighted by atomic mass is 35.5. The van der Waals surface area contributed by atoms with Crippen LogP contribution >= 0.6 is 11.6 Å². The van der Waals surface area contributed by atoms with Crippen LogP contribution in [0.15, 0.2) is 30.3 Å². The second-order valence-corrected chi connectivity index (χ2v) is 4.27. The van der Waals surface area contributed by atoms with Crippen molar-refractivity contribution in [2.24, 2.45) is 0 Å². The number of benzene rings is 1. The Hall–Kier alpha value is -1.42. The monoisotopic (exact) mass is 271 g/mol. The number of carbonyl (C=O) groups is 1. The van der Waals surface area contributed by atoms with E-state index in [9.17, 15) is 4.79 Å².